The van der Waals surface area contributed by atoms with Crippen LogP contribution in [0.25, 0.3) is 11.0 Å². The smallest absolute Gasteiger partial charge is 0.313 e. The highest BCUT2D eigenvalue weighted by Crippen LogP contribution is 2.29. The fraction of sp³-hybridized carbons (Fsp3) is 0.533. The van der Waals surface area contributed by atoms with Crippen molar-refractivity contribution in [3.63, 3.8) is 0 Å². The number of carboxylic acid groups (broad SMARTS) is 1. The standard InChI is InChI=1S/C15H21N3O2S/c1-3-4-5-6-11(2)18-13-7-8-16-9-12(13)17-15(18)21-10-14(19)20/h7-9,11H,3-6,10H2,1-2H3,(H,19,20). The summed E-state index contributed by atoms with van der Waals surface area (Å²) in [5, 5.41) is 9.65. The van der Waals surface area contributed by atoms with Crippen LogP contribution in [0.1, 0.15) is 45.6 Å². The molecule has 1 unspecified atom stereocenters. The van der Waals surface area contributed by atoms with Crippen molar-refractivity contribution >= 4 is 28.8 Å². The molecule has 2 heterocycles. The van der Waals surface area contributed by atoms with Crippen LogP contribution < -0.4 is 0 Å². The van der Waals surface area contributed by atoms with E-state index in [2.05, 4.69) is 28.4 Å². The second-order valence-electron chi connectivity index (χ2n) is 5.16. The number of thioether (sulfide) groups is 1. The number of nitrogens with zero attached hydrogens (tertiary/aromatic N) is 3. The van der Waals surface area contributed by atoms with Crippen molar-refractivity contribution in [1.29, 1.82) is 0 Å². The Hall–Kier alpha value is -1.56. The van der Waals surface area contributed by atoms with Gasteiger partial charge in [0.05, 0.1) is 17.5 Å². The zero-order valence-corrected chi connectivity index (χ0v) is 13.3. The first-order valence-electron chi connectivity index (χ1n) is 7.30. The highest BCUT2D eigenvalue weighted by Gasteiger charge is 2.17. The molecule has 6 heteroatoms. The Morgan fingerprint density at radius 2 is 2.29 bits per heavy atom. The molecule has 0 bridgehead atoms. The summed E-state index contributed by atoms with van der Waals surface area (Å²) >= 11 is 1.27. The molecule has 0 fully saturated rings. The number of fused-ring (bicyclic) bond motifs is 1. The summed E-state index contributed by atoms with van der Waals surface area (Å²) in [6.07, 6.45) is 8.14. The van der Waals surface area contributed by atoms with Gasteiger partial charge in [0, 0.05) is 12.2 Å². The number of hydrogen-bond acceptors (Lipinski definition) is 4. The topological polar surface area (TPSA) is 68.0 Å². The lowest BCUT2D eigenvalue weighted by Gasteiger charge is -2.17. The molecule has 5 nitrogen and oxygen atoms in total. The zero-order valence-electron chi connectivity index (χ0n) is 12.5. The first-order valence-corrected chi connectivity index (χ1v) is 8.28. The Morgan fingerprint density at radius 3 is 3.00 bits per heavy atom. The maximum Gasteiger partial charge on any atom is 0.313 e. The molecule has 0 aliphatic carbocycles. The summed E-state index contributed by atoms with van der Waals surface area (Å²) in [4.78, 5) is 19.4. The van der Waals surface area contributed by atoms with Gasteiger partial charge in [-0.25, -0.2) is 4.98 Å². The number of aliphatic carboxylic acids is 1. The molecule has 0 radical (unpaired) electrons. The van der Waals surface area contributed by atoms with E-state index in [1.54, 1.807) is 12.4 Å². The van der Waals surface area contributed by atoms with Gasteiger partial charge in [-0.1, -0.05) is 37.9 Å². The largest absolute Gasteiger partial charge is 0.481 e. The second-order valence-corrected chi connectivity index (χ2v) is 6.10. The van der Waals surface area contributed by atoms with Crippen molar-refractivity contribution in [1.82, 2.24) is 14.5 Å². The SMILES string of the molecule is CCCCCC(C)n1c(SCC(=O)O)nc2cnccc21. The minimum Gasteiger partial charge on any atom is -0.481 e. The van der Waals surface area contributed by atoms with Crippen LogP contribution in [0.2, 0.25) is 0 Å². The third-order valence-electron chi connectivity index (χ3n) is 3.45. The van der Waals surface area contributed by atoms with Gasteiger partial charge in [0.25, 0.3) is 0 Å². The molecular weight excluding hydrogens is 286 g/mol. The van der Waals surface area contributed by atoms with Gasteiger partial charge < -0.3 is 9.67 Å². The molecule has 2 rings (SSSR count). The third kappa shape index (κ3) is 3.97. The van der Waals surface area contributed by atoms with Crippen LogP contribution in [0.4, 0.5) is 0 Å². The summed E-state index contributed by atoms with van der Waals surface area (Å²) < 4.78 is 2.15. The maximum absolute atomic E-state index is 10.8. The highest BCUT2D eigenvalue weighted by molar-refractivity contribution is 7.99. The minimum atomic E-state index is -0.824. The quantitative estimate of drug-likeness (QED) is 0.594. The van der Waals surface area contributed by atoms with Gasteiger partial charge in [0.1, 0.15) is 5.52 Å². The predicted octanol–water partition coefficient (Wildman–Crippen LogP) is 3.75. The lowest BCUT2D eigenvalue weighted by atomic mass is 10.1. The molecule has 0 aliphatic rings. The van der Waals surface area contributed by atoms with Crippen LogP contribution in [-0.4, -0.2) is 31.4 Å². The van der Waals surface area contributed by atoms with Crippen molar-refractivity contribution in [2.75, 3.05) is 5.75 Å². The number of rotatable bonds is 8. The fourth-order valence-corrected chi connectivity index (χ4v) is 3.23. The summed E-state index contributed by atoms with van der Waals surface area (Å²) in [7, 11) is 0. The van der Waals surface area contributed by atoms with E-state index >= 15 is 0 Å². The first kappa shape index (κ1) is 15.8. The normalized spacial score (nSPS) is 12.7. The van der Waals surface area contributed by atoms with Crippen molar-refractivity contribution in [2.45, 2.75) is 50.7 Å². The van der Waals surface area contributed by atoms with Crippen molar-refractivity contribution < 1.29 is 9.90 Å². The Morgan fingerprint density at radius 1 is 1.48 bits per heavy atom. The molecule has 0 aromatic carbocycles. The van der Waals surface area contributed by atoms with E-state index in [4.69, 9.17) is 5.11 Å². The summed E-state index contributed by atoms with van der Waals surface area (Å²) in [5.41, 5.74) is 1.86. The van der Waals surface area contributed by atoms with E-state index in [1.807, 2.05) is 6.07 Å². The van der Waals surface area contributed by atoms with Crippen molar-refractivity contribution in [2.24, 2.45) is 0 Å². The van der Waals surface area contributed by atoms with E-state index in [0.717, 1.165) is 22.6 Å². The minimum absolute atomic E-state index is 0.0262. The van der Waals surface area contributed by atoms with Crippen molar-refractivity contribution in [3.05, 3.63) is 18.5 Å². The molecule has 1 N–H and O–H groups in total. The van der Waals surface area contributed by atoms with Crippen LogP contribution >= 0.6 is 11.8 Å². The van der Waals surface area contributed by atoms with Gasteiger partial charge >= 0.3 is 5.97 Å². The summed E-state index contributed by atoms with van der Waals surface area (Å²) in [6.45, 7) is 4.36. The monoisotopic (exact) mass is 307 g/mol. The van der Waals surface area contributed by atoms with E-state index in [1.165, 1.54) is 31.0 Å². The number of unbranched alkanes of at least 4 members (excludes halogenated alkanes) is 2. The molecule has 0 saturated heterocycles. The lowest BCUT2D eigenvalue weighted by molar-refractivity contribution is -0.133. The Bertz CT molecular complexity index is 612. The number of pyridine rings is 1. The molecular formula is C15H21N3O2S. The number of carbonyl (C=O) groups is 1. The highest BCUT2D eigenvalue weighted by atomic mass is 32.2. The number of aromatic nitrogens is 3. The van der Waals surface area contributed by atoms with E-state index < -0.39 is 5.97 Å². The molecule has 0 saturated carbocycles. The van der Waals surface area contributed by atoms with Gasteiger partial charge in [-0.2, -0.15) is 0 Å². The van der Waals surface area contributed by atoms with Gasteiger partial charge in [-0.15, -0.1) is 0 Å². The average molecular weight is 307 g/mol. The summed E-state index contributed by atoms with van der Waals surface area (Å²) in [6, 6.07) is 2.25. The Labute approximate surface area is 128 Å². The average Bonchev–Trinajstić information content (AvgIpc) is 2.83. The van der Waals surface area contributed by atoms with Crippen LogP contribution in [-0.2, 0) is 4.79 Å². The van der Waals surface area contributed by atoms with Crippen LogP contribution in [0, 0.1) is 0 Å². The second kappa shape index (κ2) is 7.45. The fourth-order valence-electron chi connectivity index (χ4n) is 2.40. The Balaban J connectivity index is 2.28. The third-order valence-corrected chi connectivity index (χ3v) is 4.39. The van der Waals surface area contributed by atoms with E-state index in [0.29, 0.717) is 6.04 Å². The summed E-state index contributed by atoms with van der Waals surface area (Å²) in [5.74, 6) is -0.798. The first-order chi connectivity index (χ1) is 10.1. The van der Waals surface area contributed by atoms with Crippen molar-refractivity contribution in [3.8, 4) is 0 Å². The molecule has 0 amide bonds. The van der Waals surface area contributed by atoms with Crippen LogP contribution in [0.3, 0.4) is 0 Å². The van der Waals surface area contributed by atoms with Crippen LogP contribution in [0.15, 0.2) is 23.6 Å². The van der Waals surface area contributed by atoms with Gasteiger partial charge in [0.15, 0.2) is 5.16 Å². The molecule has 0 aliphatic heterocycles. The lowest BCUT2D eigenvalue weighted by Crippen LogP contribution is -2.08. The van der Waals surface area contributed by atoms with Crippen LogP contribution in [0.5, 0.6) is 0 Å². The van der Waals surface area contributed by atoms with E-state index in [9.17, 15) is 4.79 Å². The van der Waals surface area contributed by atoms with Gasteiger partial charge in [0.2, 0.25) is 0 Å². The molecule has 2 aromatic heterocycles. The van der Waals surface area contributed by atoms with Gasteiger partial charge in [-0.05, 0) is 19.4 Å². The number of carboxylic acids is 1. The zero-order chi connectivity index (χ0) is 15.2. The molecule has 114 valence electrons. The van der Waals surface area contributed by atoms with Gasteiger partial charge in [-0.3, -0.25) is 9.78 Å². The molecule has 1 atom stereocenters. The van der Waals surface area contributed by atoms with E-state index in [-0.39, 0.29) is 5.75 Å². The molecule has 2 aromatic rings. The maximum atomic E-state index is 10.8. The molecule has 0 spiro atoms. The Kier molecular flexibility index (Phi) is 5.61. The number of hydrogen-bond donors (Lipinski definition) is 1. The molecule has 21 heavy (non-hydrogen) atoms. The number of imidazole rings is 1. The predicted molar refractivity (Wildman–Crippen MR) is 84.7 cm³/mol.